The van der Waals surface area contributed by atoms with Crippen LogP contribution in [-0.4, -0.2) is 40.4 Å². The van der Waals surface area contributed by atoms with Gasteiger partial charge in [-0.05, 0) is 45.1 Å². The van der Waals surface area contributed by atoms with Crippen LogP contribution >= 0.6 is 0 Å². The number of hydrogen-bond donors (Lipinski definition) is 2. The third-order valence-electron chi connectivity index (χ3n) is 7.10. The molecule has 4 rings (SSSR count). The molecular formula is C24H34N4O3. The van der Waals surface area contributed by atoms with Crippen molar-refractivity contribution in [1.29, 1.82) is 0 Å². The van der Waals surface area contributed by atoms with E-state index in [0.29, 0.717) is 25.3 Å². The van der Waals surface area contributed by atoms with Crippen LogP contribution in [0.3, 0.4) is 0 Å². The zero-order chi connectivity index (χ0) is 22.4. The van der Waals surface area contributed by atoms with Crippen molar-refractivity contribution in [3.05, 3.63) is 29.8 Å². The number of rotatable bonds is 6. The maximum Gasteiger partial charge on any atom is 0.231 e. The molecule has 3 aliphatic rings. The monoisotopic (exact) mass is 426 g/mol. The fourth-order valence-corrected chi connectivity index (χ4v) is 4.92. The third-order valence-corrected chi connectivity index (χ3v) is 7.10. The van der Waals surface area contributed by atoms with Gasteiger partial charge in [0.15, 0.2) is 5.96 Å². The molecular weight excluding hydrogens is 392 g/mol. The molecule has 3 atom stereocenters. The van der Waals surface area contributed by atoms with Crippen molar-refractivity contribution < 1.29 is 14.3 Å². The average Bonchev–Trinajstić information content (AvgIpc) is 3.49. The number of nitrogens with zero attached hydrogens (tertiary/aromatic N) is 2. The number of aliphatic imine (C=N–C) groups is 1. The maximum absolute atomic E-state index is 13.0. The summed E-state index contributed by atoms with van der Waals surface area (Å²) in [5.74, 6) is 1.21. The number of hydrogen-bond acceptors (Lipinski definition) is 5. The van der Waals surface area contributed by atoms with Gasteiger partial charge in [-0.15, -0.1) is 0 Å². The molecule has 1 aromatic carbocycles. The molecule has 168 valence electrons. The van der Waals surface area contributed by atoms with E-state index in [-0.39, 0.29) is 40.8 Å². The summed E-state index contributed by atoms with van der Waals surface area (Å²) in [6, 6.07) is 7.80. The van der Waals surface area contributed by atoms with Gasteiger partial charge in [0.1, 0.15) is 11.4 Å². The number of carbonyl (C=O) groups excluding carboxylic acids is 2. The minimum absolute atomic E-state index is 0.0161. The van der Waals surface area contributed by atoms with Crippen molar-refractivity contribution in [3.63, 3.8) is 0 Å². The predicted molar refractivity (Wildman–Crippen MR) is 120 cm³/mol. The van der Waals surface area contributed by atoms with Gasteiger partial charge in [-0.3, -0.25) is 14.5 Å². The summed E-state index contributed by atoms with van der Waals surface area (Å²) >= 11 is 0. The molecule has 7 heteroatoms. The predicted octanol–water partition coefficient (Wildman–Crippen LogP) is 3.15. The molecule has 2 aliphatic heterocycles. The molecule has 1 aliphatic carbocycles. The van der Waals surface area contributed by atoms with Gasteiger partial charge in [-0.2, -0.15) is 0 Å². The summed E-state index contributed by atoms with van der Waals surface area (Å²) in [4.78, 5) is 32.0. The van der Waals surface area contributed by atoms with Crippen molar-refractivity contribution in [2.24, 2.45) is 22.6 Å². The first-order valence-electron chi connectivity index (χ1n) is 11.4. The molecule has 1 aromatic rings. The van der Waals surface area contributed by atoms with Gasteiger partial charge < -0.3 is 15.8 Å². The number of ether oxygens (including phenoxy) is 1. The van der Waals surface area contributed by atoms with E-state index in [0.717, 1.165) is 30.6 Å². The normalized spacial score (nSPS) is 28.3. The Bertz CT molecular complexity index is 906. The SMILES string of the molecule is CCC1(CC)CC(=O)N(C[C@@H]2C[C@H]2C(=O)N[C@H]2CC(C)(C)Oc3ccccc32)C(N)=N1. The summed E-state index contributed by atoms with van der Waals surface area (Å²) < 4.78 is 6.07. The topological polar surface area (TPSA) is 97.0 Å². The first kappa shape index (κ1) is 21.7. The van der Waals surface area contributed by atoms with E-state index in [4.69, 9.17) is 10.5 Å². The quantitative estimate of drug-likeness (QED) is 0.730. The minimum Gasteiger partial charge on any atom is -0.487 e. The third kappa shape index (κ3) is 4.27. The molecule has 7 nitrogen and oxygen atoms in total. The minimum atomic E-state index is -0.374. The van der Waals surface area contributed by atoms with E-state index in [1.807, 2.05) is 52.0 Å². The highest BCUT2D eigenvalue weighted by atomic mass is 16.5. The lowest BCUT2D eigenvalue weighted by Gasteiger charge is -2.38. The first-order valence-corrected chi connectivity index (χ1v) is 11.4. The van der Waals surface area contributed by atoms with E-state index >= 15 is 0 Å². The standard InChI is InChI=1S/C24H34N4O3/c1-5-24(6-2)13-20(29)28(22(25)27-24)14-15-11-17(15)21(30)26-18-12-23(3,4)31-19-10-8-7-9-16(18)19/h7-10,15,17-18H,5-6,11-14H2,1-4H3,(H2,25,27)(H,26,30)/t15-,17+,18-/m0/s1. The van der Waals surface area contributed by atoms with Crippen molar-refractivity contribution in [2.45, 2.75) is 77.0 Å². The first-order chi connectivity index (χ1) is 14.7. The fraction of sp³-hybridized carbons (Fsp3) is 0.625. The molecule has 2 heterocycles. The highest BCUT2D eigenvalue weighted by Crippen LogP contribution is 2.43. The second-order valence-corrected chi connectivity index (χ2v) is 9.85. The van der Waals surface area contributed by atoms with E-state index in [1.54, 1.807) is 4.90 Å². The summed E-state index contributed by atoms with van der Waals surface area (Å²) in [6.07, 6.45) is 3.46. The summed E-state index contributed by atoms with van der Waals surface area (Å²) in [7, 11) is 0. The van der Waals surface area contributed by atoms with Crippen molar-refractivity contribution in [2.75, 3.05) is 6.54 Å². The van der Waals surface area contributed by atoms with Gasteiger partial charge in [-0.1, -0.05) is 32.0 Å². The Balaban J connectivity index is 1.39. The second-order valence-electron chi connectivity index (χ2n) is 9.85. The van der Waals surface area contributed by atoms with Gasteiger partial charge in [-0.25, -0.2) is 4.99 Å². The smallest absolute Gasteiger partial charge is 0.231 e. The lowest BCUT2D eigenvalue weighted by molar-refractivity contribution is -0.130. The molecule has 0 bridgehead atoms. The summed E-state index contributed by atoms with van der Waals surface area (Å²) in [6.45, 7) is 8.63. The van der Waals surface area contributed by atoms with Crippen molar-refractivity contribution >= 4 is 17.8 Å². The van der Waals surface area contributed by atoms with Crippen molar-refractivity contribution in [1.82, 2.24) is 10.2 Å². The van der Waals surface area contributed by atoms with Crippen LogP contribution in [0.2, 0.25) is 0 Å². The van der Waals surface area contributed by atoms with Gasteiger partial charge in [0.25, 0.3) is 0 Å². The number of carbonyl (C=O) groups is 2. The number of nitrogens with two attached hydrogens (primary N) is 1. The Hall–Kier alpha value is -2.57. The van der Waals surface area contributed by atoms with Crippen LogP contribution < -0.4 is 15.8 Å². The Morgan fingerprint density at radius 3 is 2.68 bits per heavy atom. The van der Waals surface area contributed by atoms with Crippen LogP contribution in [0.4, 0.5) is 0 Å². The highest BCUT2D eigenvalue weighted by Gasteiger charge is 2.47. The molecule has 0 unspecified atom stereocenters. The average molecular weight is 427 g/mol. The lowest BCUT2D eigenvalue weighted by atomic mass is 9.88. The fourth-order valence-electron chi connectivity index (χ4n) is 4.92. The molecule has 0 radical (unpaired) electrons. The van der Waals surface area contributed by atoms with Crippen LogP contribution in [0.1, 0.15) is 71.4 Å². The van der Waals surface area contributed by atoms with Gasteiger partial charge in [0, 0.05) is 24.4 Å². The number of amides is 2. The molecule has 0 saturated heterocycles. The van der Waals surface area contributed by atoms with Crippen LogP contribution in [-0.2, 0) is 9.59 Å². The number of nitrogens with one attached hydrogen (secondary N) is 1. The van der Waals surface area contributed by atoms with Crippen LogP contribution in [0.15, 0.2) is 29.3 Å². The number of para-hydroxylation sites is 1. The van der Waals surface area contributed by atoms with Gasteiger partial charge in [0.05, 0.1) is 18.0 Å². The zero-order valence-corrected chi connectivity index (χ0v) is 19.0. The Kier molecular flexibility index (Phi) is 5.48. The highest BCUT2D eigenvalue weighted by molar-refractivity contribution is 5.99. The molecule has 1 saturated carbocycles. The Morgan fingerprint density at radius 2 is 2.00 bits per heavy atom. The van der Waals surface area contributed by atoms with E-state index in [9.17, 15) is 9.59 Å². The van der Waals surface area contributed by atoms with E-state index in [2.05, 4.69) is 10.3 Å². The van der Waals surface area contributed by atoms with E-state index < -0.39 is 0 Å². The molecule has 0 spiro atoms. The Morgan fingerprint density at radius 1 is 1.29 bits per heavy atom. The Labute approximate surface area is 184 Å². The lowest BCUT2D eigenvalue weighted by Crippen LogP contribution is -2.52. The van der Waals surface area contributed by atoms with Crippen LogP contribution in [0.25, 0.3) is 0 Å². The van der Waals surface area contributed by atoms with E-state index in [1.165, 1.54) is 0 Å². The molecule has 2 amide bonds. The summed E-state index contributed by atoms with van der Waals surface area (Å²) in [5, 5.41) is 3.23. The maximum atomic E-state index is 13.0. The molecule has 0 aromatic heterocycles. The number of guanidine groups is 1. The summed E-state index contributed by atoms with van der Waals surface area (Å²) in [5.41, 5.74) is 6.47. The molecule has 1 fully saturated rings. The van der Waals surface area contributed by atoms with Crippen LogP contribution in [0, 0.1) is 11.8 Å². The van der Waals surface area contributed by atoms with Crippen LogP contribution in [0.5, 0.6) is 5.75 Å². The largest absolute Gasteiger partial charge is 0.487 e. The van der Waals surface area contributed by atoms with Gasteiger partial charge in [0.2, 0.25) is 11.8 Å². The second kappa shape index (κ2) is 7.84. The van der Waals surface area contributed by atoms with Crippen molar-refractivity contribution in [3.8, 4) is 5.75 Å². The number of fused-ring (bicyclic) bond motifs is 1. The number of benzene rings is 1. The zero-order valence-electron chi connectivity index (χ0n) is 19.0. The molecule has 3 N–H and O–H groups in total. The van der Waals surface area contributed by atoms with Gasteiger partial charge >= 0.3 is 0 Å². The molecule has 31 heavy (non-hydrogen) atoms.